The quantitative estimate of drug-likeness (QED) is 0.322. The largest absolute Gasteiger partial charge is 0.361 e. The number of aromatic amines is 1. The van der Waals surface area contributed by atoms with Gasteiger partial charge in [-0.25, -0.2) is 0 Å². The number of H-pyrrole nitrogens is 1. The van der Waals surface area contributed by atoms with Crippen molar-refractivity contribution in [1.29, 1.82) is 0 Å². The normalized spacial score (nSPS) is 12.9. The number of halogens is 1. The lowest BCUT2D eigenvalue weighted by molar-refractivity contribution is -0.123. The molecule has 0 radical (unpaired) electrons. The first-order chi connectivity index (χ1) is 16.9. The van der Waals surface area contributed by atoms with E-state index in [9.17, 15) is 9.59 Å². The average molecular weight is 489 g/mol. The Balaban J connectivity index is 1.55. The summed E-state index contributed by atoms with van der Waals surface area (Å²) in [5, 5.41) is 7.32. The highest BCUT2D eigenvalue weighted by Crippen LogP contribution is 2.21. The van der Waals surface area contributed by atoms with Crippen LogP contribution in [0.2, 0.25) is 5.02 Å². The average Bonchev–Trinajstić information content (AvgIpc) is 3.27. The van der Waals surface area contributed by atoms with Crippen LogP contribution in [0.5, 0.6) is 0 Å². The van der Waals surface area contributed by atoms with Gasteiger partial charge in [0.1, 0.15) is 6.04 Å². The van der Waals surface area contributed by atoms with E-state index in [0.29, 0.717) is 23.6 Å². The Morgan fingerprint density at radius 3 is 2.37 bits per heavy atom. The van der Waals surface area contributed by atoms with E-state index in [2.05, 4.69) is 20.5 Å². The van der Waals surface area contributed by atoms with Gasteiger partial charge in [-0.2, -0.15) is 0 Å². The third-order valence-electron chi connectivity index (χ3n) is 6.12. The van der Waals surface area contributed by atoms with E-state index >= 15 is 0 Å². The van der Waals surface area contributed by atoms with Crippen LogP contribution in [-0.2, 0) is 11.2 Å². The molecule has 4 rings (SSSR count). The van der Waals surface area contributed by atoms with Crippen LogP contribution in [0.1, 0.15) is 27.5 Å². The molecule has 2 atom stereocenters. The van der Waals surface area contributed by atoms with E-state index < -0.39 is 6.04 Å². The molecule has 0 saturated heterocycles. The number of amides is 2. The van der Waals surface area contributed by atoms with Gasteiger partial charge in [0.25, 0.3) is 5.91 Å². The zero-order valence-corrected chi connectivity index (χ0v) is 20.5. The molecule has 0 aliphatic rings. The van der Waals surface area contributed by atoms with Crippen molar-refractivity contribution in [3.63, 3.8) is 0 Å². The minimum Gasteiger partial charge on any atom is -0.361 e. The molecule has 7 heteroatoms. The van der Waals surface area contributed by atoms with Gasteiger partial charge in [-0.05, 0) is 43.4 Å². The maximum Gasteiger partial charge on any atom is 0.253 e. The van der Waals surface area contributed by atoms with Gasteiger partial charge in [-0.15, -0.1) is 0 Å². The zero-order chi connectivity index (χ0) is 24.8. The van der Waals surface area contributed by atoms with Crippen molar-refractivity contribution >= 4 is 34.3 Å². The van der Waals surface area contributed by atoms with Crippen molar-refractivity contribution in [2.24, 2.45) is 0 Å². The Morgan fingerprint density at radius 1 is 0.943 bits per heavy atom. The highest BCUT2D eigenvalue weighted by molar-refractivity contribution is 6.33. The molecule has 0 fully saturated rings. The number of nitrogens with zero attached hydrogens (tertiary/aromatic N) is 1. The van der Waals surface area contributed by atoms with E-state index in [-0.39, 0.29) is 17.9 Å². The summed E-state index contributed by atoms with van der Waals surface area (Å²) in [4.78, 5) is 31.8. The molecule has 0 saturated carbocycles. The number of hydrogen-bond donors (Lipinski definition) is 3. The predicted octanol–water partition coefficient (Wildman–Crippen LogP) is 4.58. The summed E-state index contributed by atoms with van der Waals surface area (Å²) in [6.07, 6.45) is 2.23. The van der Waals surface area contributed by atoms with Gasteiger partial charge in [0.05, 0.1) is 16.6 Å². The standard InChI is InChI=1S/C28H29ClN4O2/c1-33(2)26(19-10-4-3-5-11-19)18-31-28(35)25(32-27(34)22-13-6-8-14-23(22)29)16-20-17-30-24-15-9-7-12-21(20)24/h3-15,17,25-26,30H,16,18H2,1-2H3,(H,31,35)(H,32,34)/t25-,26-/m0/s1. The Labute approximate surface area is 210 Å². The number of para-hydroxylation sites is 1. The molecule has 6 nitrogen and oxygen atoms in total. The number of likely N-dealkylation sites (N-methyl/N-ethyl adjacent to an activating group) is 1. The molecule has 1 aromatic heterocycles. The van der Waals surface area contributed by atoms with Crippen LogP contribution < -0.4 is 10.6 Å². The molecule has 35 heavy (non-hydrogen) atoms. The number of aromatic nitrogens is 1. The molecule has 1 heterocycles. The highest BCUT2D eigenvalue weighted by Gasteiger charge is 2.25. The summed E-state index contributed by atoms with van der Waals surface area (Å²) in [6.45, 7) is 0.405. The van der Waals surface area contributed by atoms with Crippen LogP contribution in [0.15, 0.2) is 85.1 Å². The Kier molecular flexibility index (Phi) is 7.85. The number of hydrogen-bond acceptors (Lipinski definition) is 3. The van der Waals surface area contributed by atoms with E-state index in [1.54, 1.807) is 24.3 Å². The fourth-order valence-corrected chi connectivity index (χ4v) is 4.43. The molecule has 0 spiro atoms. The number of nitrogens with one attached hydrogen (secondary N) is 3. The fourth-order valence-electron chi connectivity index (χ4n) is 4.21. The molecule has 3 aromatic carbocycles. The Morgan fingerprint density at radius 2 is 1.63 bits per heavy atom. The molecule has 0 unspecified atom stereocenters. The molecule has 0 aliphatic heterocycles. The number of benzene rings is 3. The molecule has 2 amide bonds. The minimum absolute atomic E-state index is 0.00634. The molecule has 180 valence electrons. The lowest BCUT2D eigenvalue weighted by Crippen LogP contribution is -2.49. The lowest BCUT2D eigenvalue weighted by atomic mass is 10.0. The molecular weight excluding hydrogens is 460 g/mol. The molecule has 0 aliphatic carbocycles. The van der Waals surface area contributed by atoms with Crippen LogP contribution in [0, 0.1) is 0 Å². The fraction of sp³-hybridized carbons (Fsp3) is 0.214. The Hall–Kier alpha value is -3.61. The van der Waals surface area contributed by atoms with Gasteiger partial charge >= 0.3 is 0 Å². The van der Waals surface area contributed by atoms with Gasteiger partial charge in [-0.3, -0.25) is 9.59 Å². The SMILES string of the molecule is CN(C)[C@@H](CNC(=O)[C@H](Cc1c[nH]c2ccccc12)NC(=O)c1ccccc1Cl)c1ccccc1. The second-order valence-corrected chi connectivity index (χ2v) is 9.11. The number of fused-ring (bicyclic) bond motifs is 1. The van der Waals surface area contributed by atoms with Gasteiger partial charge < -0.3 is 20.5 Å². The van der Waals surface area contributed by atoms with E-state index in [4.69, 9.17) is 11.6 Å². The van der Waals surface area contributed by atoms with Crippen LogP contribution in [-0.4, -0.2) is 48.4 Å². The third kappa shape index (κ3) is 5.91. The summed E-state index contributed by atoms with van der Waals surface area (Å²) >= 11 is 6.24. The van der Waals surface area contributed by atoms with Crippen LogP contribution in [0.4, 0.5) is 0 Å². The third-order valence-corrected chi connectivity index (χ3v) is 6.45. The predicted molar refractivity (Wildman–Crippen MR) is 141 cm³/mol. The maximum absolute atomic E-state index is 13.4. The van der Waals surface area contributed by atoms with Crippen molar-refractivity contribution in [1.82, 2.24) is 20.5 Å². The first-order valence-electron chi connectivity index (χ1n) is 11.5. The summed E-state index contributed by atoms with van der Waals surface area (Å²) in [5.41, 5.74) is 3.37. The van der Waals surface area contributed by atoms with Crippen LogP contribution >= 0.6 is 11.6 Å². The number of rotatable bonds is 9. The number of carbonyl (C=O) groups excluding carboxylic acids is 2. The van der Waals surface area contributed by atoms with E-state index in [0.717, 1.165) is 22.0 Å². The van der Waals surface area contributed by atoms with Crippen molar-refractivity contribution < 1.29 is 9.59 Å². The second-order valence-electron chi connectivity index (χ2n) is 8.70. The summed E-state index contributed by atoms with van der Waals surface area (Å²) in [5.74, 6) is -0.638. The van der Waals surface area contributed by atoms with Gasteiger partial charge in [0, 0.05) is 30.1 Å². The first-order valence-corrected chi connectivity index (χ1v) is 11.9. The van der Waals surface area contributed by atoms with Gasteiger partial charge in [-0.1, -0.05) is 72.3 Å². The summed E-state index contributed by atoms with van der Waals surface area (Å²) < 4.78 is 0. The molecule has 0 bridgehead atoms. The Bertz CT molecular complexity index is 1300. The van der Waals surface area contributed by atoms with Crippen LogP contribution in [0.25, 0.3) is 10.9 Å². The van der Waals surface area contributed by atoms with Crippen molar-refractivity contribution in [2.75, 3.05) is 20.6 Å². The van der Waals surface area contributed by atoms with Crippen molar-refractivity contribution in [3.05, 3.63) is 107 Å². The second kappa shape index (κ2) is 11.2. The van der Waals surface area contributed by atoms with Gasteiger partial charge in [0.2, 0.25) is 5.91 Å². The van der Waals surface area contributed by atoms with Gasteiger partial charge in [0.15, 0.2) is 0 Å². The van der Waals surface area contributed by atoms with E-state index in [1.165, 1.54) is 0 Å². The molecule has 3 N–H and O–H groups in total. The monoisotopic (exact) mass is 488 g/mol. The molecule has 4 aromatic rings. The molecular formula is C28H29ClN4O2. The summed E-state index contributed by atoms with van der Waals surface area (Å²) in [7, 11) is 3.96. The maximum atomic E-state index is 13.4. The minimum atomic E-state index is -0.781. The lowest BCUT2D eigenvalue weighted by Gasteiger charge is -2.26. The summed E-state index contributed by atoms with van der Waals surface area (Å²) in [6, 6.07) is 23.9. The topological polar surface area (TPSA) is 77.2 Å². The van der Waals surface area contributed by atoms with Crippen molar-refractivity contribution in [2.45, 2.75) is 18.5 Å². The zero-order valence-electron chi connectivity index (χ0n) is 19.8. The van der Waals surface area contributed by atoms with Crippen LogP contribution in [0.3, 0.4) is 0 Å². The highest BCUT2D eigenvalue weighted by atomic mass is 35.5. The van der Waals surface area contributed by atoms with Crippen molar-refractivity contribution in [3.8, 4) is 0 Å². The van der Waals surface area contributed by atoms with E-state index in [1.807, 2.05) is 74.9 Å². The number of carbonyl (C=O) groups is 2. The smallest absolute Gasteiger partial charge is 0.253 e. The first kappa shape index (κ1) is 24.5.